The molecule has 0 spiro atoms. The predicted octanol–water partition coefficient (Wildman–Crippen LogP) is 3.04. The maximum Gasteiger partial charge on any atom is 0.133 e. The lowest BCUT2D eigenvalue weighted by Gasteiger charge is -2.04. The number of ketones is 1. The maximum atomic E-state index is 11.1. The van der Waals surface area contributed by atoms with Gasteiger partial charge in [-0.25, -0.2) is 0 Å². The second-order valence-electron chi connectivity index (χ2n) is 4.21. The fraction of sp³-hybridized carbons (Fsp3) is 0.909. The average molecular weight is 168 g/mol. The van der Waals surface area contributed by atoms with Gasteiger partial charge in [-0.15, -0.1) is 0 Å². The van der Waals surface area contributed by atoms with Gasteiger partial charge in [0.05, 0.1) is 0 Å². The first kappa shape index (κ1) is 9.76. The van der Waals surface area contributed by atoms with Crippen molar-refractivity contribution in [3.05, 3.63) is 0 Å². The van der Waals surface area contributed by atoms with E-state index in [-0.39, 0.29) is 7.43 Å². The van der Waals surface area contributed by atoms with Gasteiger partial charge in [-0.2, -0.15) is 0 Å². The molecule has 0 radical (unpaired) electrons. The molecule has 0 bridgehead atoms. The summed E-state index contributed by atoms with van der Waals surface area (Å²) in [7, 11) is 0. The van der Waals surface area contributed by atoms with Gasteiger partial charge in [0, 0.05) is 12.8 Å². The molecule has 1 nitrogen and oxygen atoms in total. The number of hydrogen-bond donors (Lipinski definition) is 0. The first-order chi connectivity index (χ1) is 5.29. The Labute approximate surface area is 75.5 Å². The van der Waals surface area contributed by atoms with E-state index < -0.39 is 0 Å². The van der Waals surface area contributed by atoms with Crippen LogP contribution in [0.25, 0.3) is 0 Å². The molecule has 0 amide bonds. The molecule has 70 valence electrons. The number of fused-ring (bicyclic) bond motifs is 1. The minimum absolute atomic E-state index is 0. The van der Waals surface area contributed by atoms with Gasteiger partial charge in [0.1, 0.15) is 5.78 Å². The molecule has 0 N–H and O–H groups in total. The molecule has 0 saturated heterocycles. The van der Waals surface area contributed by atoms with Gasteiger partial charge in [0.2, 0.25) is 0 Å². The van der Waals surface area contributed by atoms with Crippen molar-refractivity contribution in [2.45, 2.75) is 46.5 Å². The van der Waals surface area contributed by atoms with Crippen LogP contribution in [-0.2, 0) is 4.79 Å². The third-order valence-electron chi connectivity index (χ3n) is 3.50. The van der Waals surface area contributed by atoms with E-state index >= 15 is 0 Å². The lowest BCUT2D eigenvalue weighted by atomic mass is 10.0. The maximum absolute atomic E-state index is 11.1. The van der Waals surface area contributed by atoms with Crippen molar-refractivity contribution >= 4 is 5.78 Å². The third kappa shape index (κ3) is 1.55. The predicted molar refractivity (Wildman–Crippen MR) is 51.0 cm³/mol. The van der Waals surface area contributed by atoms with E-state index in [0.29, 0.717) is 5.78 Å². The van der Waals surface area contributed by atoms with Crippen LogP contribution < -0.4 is 0 Å². The average Bonchev–Trinajstić information content (AvgIpc) is 2.43. The van der Waals surface area contributed by atoms with E-state index in [0.717, 1.165) is 30.6 Å². The molecule has 2 saturated carbocycles. The number of carbonyl (C=O) groups excluding carboxylic acids is 1. The van der Waals surface area contributed by atoms with Crippen molar-refractivity contribution in [2.75, 3.05) is 0 Å². The van der Waals surface area contributed by atoms with Crippen LogP contribution in [0.3, 0.4) is 0 Å². The van der Waals surface area contributed by atoms with Gasteiger partial charge in [0.15, 0.2) is 0 Å². The molecule has 0 heterocycles. The fourth-order valence-corrected chi connectivity index (χ4v) is 2.84. The lowest BCUT2D eigenvalue weighted by molar-refractivity contribution is -0.117. The molecular weight excluding hydrogens is 148 g/mol. The van der Waals surface area contributed by atoms with Crippen molar-refractivity contribution in [2.24, 2.45) is 17.8 Å². The smallest absolute Gasteiger partial charge is 0.133 e. The molecule has 12 heavy (non-hydrogen) atoms. The zero-order valence-corrected chi connectivity index (χ0v) is 7.18. The Bertz CT molecular complexity index is 158. The Kier molecular flexibility index (Phi) is 2.92. The highest BCUT2D eigenvalue weighted by atomic mass is 16.1. The summed E-state index contributed by atoms with van der Waals surface area (Å²) in [6.07, 6.45) is 5.81. The van der Waals surface area contributed by atoms with Crippen LogP contribution in [0.1, 0.15) is 46.5 Å². The Morgan fingerprint density at radius 2 is 1.75 bits per heavy atom. The quantitative estimate of drug-likeness (QED) is 0.588. The third-order valence-corrected chi connectivity index (χ3v) is 3.50. The van der Waals surface area contributed by atoms with Gasteiger partial charge in [-0.3, -0.25) is 4.79 Å². The summed E-state index contributed by atoms with van der Waals surface area (Å²) >= 11 is 0. The van der Waals surface area contributed by atoms with Crippen LogP contribution in [0.5, 0.6) is 0 Å². The van der Waals surface area contributed by atoms with Crippen LogP contribution in [-0.4, -0.2) is 5.78 Å². The molecule has 2 rings (SSSR count). The van der Waals surface area contributed by atoms with Crippen molar-refractivity contribution < 1.29 is 4.79 Å². The summed E-state index contributed by atoms with van der Waals surface area (Å²) in [6.45, 7) is 2.27. The Hall–Kier alpha value is -0.330. The monoisotopic (exact) mass is 168 g/mol. The van der Waals surface area contributed by atoms with Crippen molar-refractivity contribution in [1.29, 1.82) is 0 Å². The highest BCUT2D eigenvalue weighted by Crippen LogP contribution is 2.46. The Morgan fingerprint density at radius 1 is 1.25 bits per heavy atom. The Balaban J connectivity index is 0.000000720. The second kappa shape index (κ2) is 3.59. The van der Waals surface area contributed by atoms with E-state index in [4.69, 9.17) is 0 Å². The number of carbonyl (C=O) groups is 1. The molecule has 2 unspecified atom stereocenters. The number of rotatable bonds is 1. The molecule has 2 atom stereocenters. The standard InChI is InChI=1S/C10H16O.CH4/c1-2-7-3-8-5-10(11)6-9(8)4-7;/h7-9H,2-6H2,1H3;1H4. The van der Waals surface area contributed by atoms with Gasteiger partial charge in [-0.1, -0.05) is 20.8 Å². The molecular formula is C11H20O. The van der Waals surface area contributed by atoms with Gasteiger partial charge >= 0.3 is 0 Å². The molecule has 2 aliphatic carbocycles. The minimum Gasteiger partial charge on any atom is -0.300 e. The SMILES string of the molecule is C.CCC1CC2CC(=O)CC2C1. The highest BCUT2D eigenvalue weighted by molar-refractivity contribution is 5.81. The second-order valence-corrected chi connectivity index (χ2v) is 4.21. The minimum atomic E-state index is 0. The zero-order chi connectivity index (χ0) is 7.84. The summed E-state index contributed by atoms with van der Waals surface area (Å²) in [5.74, 6) is 3.03. The van der Waals surface area contributed by atoms with E-state index in [9.17, 15) is 4.79 Å². The molecule has 0 aromatic rings. The van der Waals surface area contributed by atoms with Crippen LogP contribution in [0.4, 0.5) is 0 Å². The number of Topliss-reactive ketones (excluding diaryl/α,β-unsaturated/α-hetero) is 1. The summed E-state index contributed by atoms with van der Waals surface area (Å²) in [4.78, 5) is 11.1. The summed E-state index contributed by atoms with van der Waals surface area (Å²) in [6, 6.07) is 0. The zero-order valence-electron chi connectivity index (χ0n) is 7.18. The van der Waals surface area contributed by atoms with Crippen LogP contribution in [0.15, 0.2) is 0 Å². The van der Waals surface area contributed by atoms with Crippen molar-refractivity contribution in [1.82, 2.24) is 0 Å². The lowest BCUT2D eigenvalue weighted by Crippen LogP contribution is -1.97. The molecule has 2 aliphatic rings. The molecule has 2 fully saturated rings. The first-order valence-corrected chi connectivity index (χ1v) is 4.81. The first-order valence-electron chi connectivity index (χ1n) is 4.81. The topological polar surface area (TPSA) is 17.1 Å². The molecule has 0 aromatic heterocycles. The largest absolute Gasteiger partial charge is 0.300 e. The highest BCUT2D eigenvalue weighted by Gasteiger charge is 2.39. The molecule has 0 aromatic carbocycles. The van der Waals surface area contributed by atoms with E-state index in [2.05, 4.69) is 6.92 Å². The van der Waals surface area contributed by atoms with E-state index in [1.165, 1.54) is 19.3 Å². The Morgan fingerprint density at radius 3 is 2.17 bits per heavy atom. The van der Waals surface area contributed by atoms with Crippen LogP contribution >= 0.6 is 0 Å². The van der Waals surface area contributed by atoms with Gasteiger partial charge < -0.3 is 0 Å². The van der Waals surface area contributed by atoms with Crippen LogP contribution in [0, 0.1) is 17.8 Å². The molecule has 1 heteroatoms. The van der Waals surface area contributed by atoms with Crippen molar-refractivity contribution in [3.63, 3.8) is 0 Å². The normalized spacial score (nSPS) is 39.4. The van der Waals surface area contributed by atoms with E-state index in [1.54, 1.807) is 0 Å². The van der Waals surface area contributed by atoms with Gasteiger partial charge in [-0.05, 0) is 30.6 Å². The van der Waals surface area contributed by atoms with E-state index in [1.807, 2.05) is 0 Å². The number of hydrogen-bond acceptors (Lipinski definition) is 1. The fourth-order valence-electron chi connectivity index (χ4n) is 2.84. The molecule has 0 aliphatic heterocycles. The van der Waals surface area contributed by atoms with Gasteiger partial charge in [0.25, 0.3) is 0 Å². The summed E-state index contributed by atoms with van der Waals surface area (Å²) in [5.41, 5.74) is 0. The summed E-state index contributed by atoms with van der Waals surface area (Å²) in [5, 5.41) is 0. The van der Waals surface area contributed by atoms with Crippen LogP contribution in [0.2, 0.25) is 0 Å². The van der Waals surface area contributed by atoms with Crippen molar-refractivity contribution in [3.8, 4) is 0 Å². The summed E-state index contributed by atoms with van der Waals surface area (Å²) < 4.78 is 0.